The van der Waals surface area contributed by atoms with Gasteiger partial charge in [-0.15, -0.1) is 24.0 Å². The highest BCUT2D eigenvalue weighted by Gasteiger charge is 2.29. The number of hydrogen-bond donors (Lipinski definition) is 1. The van der Waals surface area contributed by atoms with Gasteiger partial charge in [0.2, 0.25) is 0 Å². The second-order valence-corrected chi connectivity index (χ2v) is 11.1. The summed E-state index contributed by atoms with van der Waals surface area (Å²) in [5, 5.41) is 3.47. The Morgan fingerprint density at radius 3 is 2.68 bits per heavy atom. The molecule has 2 aliphatic rings. The van der Waals surface area contributed by atoms with Crippen molar-refractivity contribution in [3.8, 4) is 0 Å². The Bertz CT molecular complexity index is 815. The molecule has 1 unspecified atom stereocenters. The minimum atomic E-state index is -2.85. The maximum absolute atomic E-state index is 11.7. The van der Waals surface area contributed by atoms with Crippen LogP contribution in [0, 0.1) is 5.92 Å². The molecule has 5 nitrogen and oxygen atoms in total. The van der Waals surface area contributed by atoms with Crippen LogP contribution in [-0.4, -0.2) is 45.5 Å². The van der Waals surface area contributed by atoms with E-state index in [2.05, 4.69) is 56.1 Å². The van der Waals surface area contributed by atoms with Crippen molar-refractivity contribution in [3.63, 3.8) is 0 Å². The first-order chi connectivity index (χ1) is 12.7. The van der Waals surface area contributed by atoms with Crippen molar-refractivity contribution in [2.45, 2.75) is 52.4 Å². The number of anilines is 1. The summed E-state index contributed by atoms with van der Waals surface area (Å²) in [6.45, 7) is 11.2. The number of rotatable bonds is 4. The van der Waals surface area contributed by atoms with Gasteiger partial charge in [0.15, 0.2) is 15.8 Å². The molecule has 0 amide bonds. The van der Waals surface area contributed by atoms with E-state index in [4.69, 9.17) is 4.99 Å². The number of halogens is 1. The molecule has 0 bridgehead atoms. The first-order valence-electron chi connectivity index (χ1n) is 10.1. The predicted octanol–water partition coefficient (Wildman–Crippen LogP) is 3.75. The highest BCUT2D eigenvalue weighted by Crippen LogP contribution is 2.33. The summed E-state index contributed by atoms with van der Waals surface area (Å²) in [6.07, 6.45) is 2.78. The summed E-state index contributed by atoms with van der Waals surface area (Å²) in [5.41, 5.74) is 4.11. The van der Waals surface area contributed by atoms with E-state index in [1.165, 1.54) is 16.8 Å². The van der Waals surface area contributed by atoms with Gasteiger partial charge < -0.3 is 10.2 Å². The molecule has 1 aromatic carbocycles. The van der Waals surface area contributed by atoms with Crippen molar-refractivity contribution in [2.24, 2.45) is 10.9 Å². The number of fused-ring (bicyclic) bond motifs is 1. The second kappa shape index (κ2) is 9.32. The molecule has 158 valence electrons. The van der Waals surface area contributed by atoms with E-state index in [0.29, 0.717) is 12.3 Å². The SMILES string of the molecule is CCCNC(=NCC1CCS(=O)(=O)C1)N1CCc2cc(C(C)(C)C)ccc21.I. The molecule has 0 aliphatic carbocycles. The van der Waals surface area contributed by atoms with Gasteiger partial charge in [0.1, 0.15) is 0 Å². The van der Waals surface area contributed by atoms with E-state index in [0.717, 1.165) is 38.3 Å². The predicted molar refractivity (Wildman–Crippen MR) is 129 cm³/mol. The van der Waals surface area contributed by atoms with Crippen LogP contribution in [0.25, 0.3) is 0 Å². The largest absolute Gasteiger partial charge is 0.356 e. The number of nitrogens with zero attached hydrogens (tertiary/aromatic N) is 2. The van der Waals surface area contributed by atoms with E-state index in [9.17, 15) is 8.42 Å². The second-order valence-electron chi connectivity index (χ2n) is 8.86. The summed E-state index contributed by atoms with van der Waals surface area (Å²) in [7, 11) is -2.85. The molecule has 2 aliphatic heterocycles. The Labute approximate surface area is 187 Å². The Morgan fingerprint density at radius 1 is 1.32 bits per heavy atom. The van der Waals surface area contributed by atoms with Crippen LogP contribution in [0.15, 0.2) is 23.2 Å². The lowest BCUT2D eigenvalue weighted by Crippen LogP contribution is -2.41. The van der Waals surface area contributed by atoms with Gasteiger partial charge in [-0.1, -0.05) is 39.8 Å². The molecule has 1 saturated heterocycles. The third-order valence-electron chi connectivity index (χ3n) is 5.46. The number of benzene rings is 1. The number of sulfone groups is 1. The zero-order valence-electron chi connectivity index (χ0n) is 17.5. The lowest BCUT2D eigenvalue weighted by atomic mass is 9.86. The van der Waals surface area contributed by atoms with Gasteiger partial charge in [0.25, 0.3) is 0 Å². The van der Waals surface area contributed by atoms with Crippen molar-refractivity contribution in [1.29, 1.82) is 0 Å². The minimum absolute atomic E-state index is 0. The topological polar surface area (TPSA) is 61.8 Å². The lowest BCUT2D eigenvalue weighted by Gasteiger charge is -2.24. The Kier molecular flexibility index (Phi) is 7.81. The summed E-state index contributed by atoms with van der Waals surface area (Å²) >= 11 is 0. The van der Waals surface area contributed by atoms with Crippen molar-refractivity contribution in [3.05, 3.63) is 29.3 Å². The van der Waals surface area contributed by atoms with E-state index >= 15 is 0 Å². The van der Waals surface area contributed by atoms with Gasteiger partial charge in [-0.2, -0.15) is 0 Å². The van der Waals surface area contributed by atoms with Crippen LogP contribution in [-0.2, 0) is 21.7 Å². The van der Waals surface area contributed by atoms with Crippen LogP contribution >= 0.6 is 24.0 Å². The fraction of sp³-hybridized carbons (Fsp3) is 0.667. The molecule has 0 radical (unpaired) electrons. The molecule has 3 rings (SSSR count). The maximum atomic E-state index is 11.7. The molecule has 1 fully saturated rings. The zero-order valence-corrected chi connectivity index (χ0v) is 20.6. The summed E-state index contributed by atoms with van der Waals surface area (Å²) < 4.78 is 23.4. The van der Waals surface area contributed by atoms with Crippen molar-refractivity contribution >= 4 is 45.5 Å². The molecule has 28 heavy (non-hydrogen) atoms. The summed E-state index contributed by atoms with van der Waals surface area (Å²) in [6, 6.07) is 6.76. The van der Waals surface area contributed by atoms with Gasteiger partial charge in [-0.3, -0.25) is 4.99 Å². The average Bonchev–Trinajstić information content (AvgIpc) is 3.16. The van der Waals surface area contributed by atoms with Crippen LogP contribution < -0.4 is 10.2 Å². The Morgan fingerprint density at radius 2 is 2.07 bits per heavy atom. The maximum Gasteiger partial charge on any atom is 0.198 e. The van der Waals surface area contributed by atoms with E-state index < -0.39 is 9.84 Å². The molecular weight excluding hydrogens is 485 g/mol. The van der Waals surface area contributed by atoms with Crippen LogP contribution in [0.3, 0.4) is 0 Å². The van der Waals surface area contributed by atoms with Crippen LogP contribution in [0.4, 0.5) is 5.69 Å². The van der Waals surface area contributed by atoms with Crippen LogP contribution in [0.2, 0.25) is 0 Å². The van der Waals surface area contributed by atoms with Gasteiger partial charge in [-0.05, 0) is 47.8 Å². The standard InChI is InChI=1S/C21H33N3O2S.HI/c1-5-10-22-20(23-14-16-9-12-27(25,26)15-16)24-11-8-17-13-18(21(2,3)4)6-7-19(17)24;/h6-7,13,16H,5,8-12,14-15H2,1-4H3,(H,22,23);1H. The summed E-state index contributed by atoms with van der Waals surface area (Å²) in [4.78, 5) is 7.09. The van der Waals surface area contributed by atoms with Crippen LogP contribution in [0.5, 0.6) is 0 Å². The molecule has 7 heteroatoms. The summed E-state index contributed by atoms with van der Waals surface area (Å²) in [5.74, 6) is 1.64. The Balaban J connectivity index is 0.00000280. The Hall–Kier alpha value is -0.830. The number of guanidine groups is 1. The molecule has 0 spiro atoms. The quantitative estimate of drug-likeness (QED) is 0.374. The van der Waals surface area contributed by atoms with Gasteiger partial charge >= 0.3 is 0 Å². The fourth-order valence-electron chi connectivity index (χ4n) is 3.79. The molecule has 1 atom stereocenters. The van der Waals surface area contributed by atoms with Gasteiger partial charge in [-0.25, -0.2) is 8.42 Å². The fourth-order valence-corrected chi connectivity index (χ4v) is 5.64. The van der Waals surface area contributed by atoms with E-state index in [1.807, 2.05) is 0 Å². The van der Waals surface area contributed by atoms with Gasteiger partial charge in [0.05, 0.1) is 11.5 Å². The first kappa shape index (κ1) is 23.4. The molecule has 1 N–H and O–H groups in total. The molecule has 1 aromatic rings. The smallest absolute Gasteiger partial charge is 0.198 e. The third kappa shape index (κ3) is 5.62. The molecular formula is C21H34IN3O2S. The van der Waals surface area contributed by atoms with E-state index in [-0.39, 0.29) is 41.1 Å². The molecule has 0 aromatic heterocycles. The number of aliphatic imine (C=N–C) groups is 1. The normalized spacial score (nSPS) is 21.4. The molecule has 2 heterocycles. The molecule has 0 saturated carbocycles. The zero-order chi connectivity index (χ0) is 19.7. The first-order valence-corrected chi connectivity index (χ1v) is 11.9. The monoisotopic (exact) mass is 519 g/mol. The van der Waals surface area contributed by atoms with Crippen LogP contribution in [0.1, 0.15) is 51.7 Å². The highest BCUT2D eigenvalue weighted by molar-refractivity contribution is 14.0. The third-order valence-corrected chi connectivity index (χ3v) is 7.29. The number of nitrogens with one attached hydrogen (secondary N) is 1. The van der Waals surface area contributed by atoms with Crippen molar-refractivity contribution in [2.75, 3.05) is 36.0 Å². The number of hydrogen-bond acceptors (Lipinski definition) is 3. The van der Waals surface area contributed by atoms with Gasteiger partial charge in [0, 0.05) is 25.3 Å². The lowest BCUT2D eigenvalue weighted by molar-refractivity contribution is 0.589. The average molecular weight is 519 g/mol. The van der Waals surface area contributed by atoms with Crippen molar-refractivity contribution in [1.82, 2.24) is 5.32 Å². The van der Waals surface area contributed by atoms with Crippen molar-refractivity contribution < 1.29 is 8.42 Å². The minimum Gasteiger partial charge on any atom is -0.356 e. The van der Waals surface area contributed by atoms with E-state index in [1.54, 1.807) is 0 Å². The highest BCUT2D eigenvalue weighted by atomic mass is 127.